The quantitative estimate of drug-likeness (QED) is 0.760. The number of ether oxygens (including phenoxy) is 1. The van der Waals surface area contributed by atoms with Crippen LogP contribution in [0.25, 0.3) is 0 Å². The molecule has 0 fully saturated rings. The molecule has 5 heteroatoms. The van der Waals surface area contributed by atoms with Crippen molar-refractivity contribution in [2.45, 2.75) is 11.8 Å². The van der Waals surface area contributed by atoms with Crippen LogP contribution in [0.1, 0.15) is 6.92 Å². The monoisotopic (exact) mass is 243 g/mol. The molecular weight excluding hydrogens is 226 g/mol. The molecule has 90 valence electrons. The molecule has 1 aromatic carbocycles. The van der Waals surface area contributed by atoms with E-state index in [1.807, 2.05) is 7.05 Å². The Balaban J connectivity index is 2.92. The Bertz CT molecular complexity index is 429. The van der Waals surface area contributed by atoms with Crippen LogP contribution in [0.4, 0.5) is 0 Å². The first-order valence-corrected chi connectivity index (χ1v) is 6.86. The molecule has 1 rings (SSSR count). The van der Waals surface area contributed by atoms with E-state index in [0.717, 1.165) is 0 Å². The summed E-state index contributed by atoms with van der Waals surface area (Å²) in [4.78, 5) is 0.272. The minimum Gasteiger partial charge on any atom is -0.491 e. The number of benzene rings is 1. The fourth-order valence-electron chi connectivity index (χ4n) is 1.24. The summed E-state index contributed by atoms with van der Waals surface area (Å²) in [5.41, 5.74) is 0. The van der Waals surface area contributed by atoms with Gasteiger partial charge in [0.25, 0.3) is 0 Å². The first-order chi connectivity index (χ1) is 7.61. The molecule has 0 aromatic heterocycles. The molecule has 0 radical (unpaired) electrons. The molecular formula is C11H17NO3S. The average molecular weight is 243 g/mol. The molecule has 16 heavy (non-hydrogen) atoms. The fourth-order valence-corrected chi connectivity index (χ4v) is 2.28. The minimum atomic E-state index is -3.21. The predicted molar refractivity (Wildman–Crippen MR) is 63.6 cm³/mol. The molecule has 0 atom stereocenters. The van der Waals surface area contributed by atoms with Crippen LogP contribution in [-0.2, 0) is 9.84 Å². The largest absolute Gasteiger partial charge is 0.491 e. The first kappa shape index (κ1) is 13.0. The molecule has 0 heterocycles. The summed E-state index contributed by atoms with van der Waals surface area (Å²) in [6, 6.07) is 6.72. The number of para-hydroxylation sites is 1. The summed E-state index contributed by atoms with van der Waals surface area (Å²) in [6.07, 6.45) is 0. The van der Waals surface area contributed by atoms with Gasteiger partial charge in [-0.05, 0) is 19.2 Å². The Morgan fingerprint density at radius 3 is 2.62 bits per heavy atom. The van der Waals surface area contributed by atoms with E-state index in [1.165, 1.54) is 0 Å². The van der Waals surface area contributed by atoms with Crippen LogP contribution in [0.5, 0.6) is 5.75 Å². The van der Waals surface area contributed by atoms with Gasteiger partial charge < -0.3 is 10.1 Å². The van der Waals surface area contributed by atoms with Gasteiger partial charge in [0.15, 0.2) is 9.84 Å². The van der Waals surface area contributed by atoms with Crippen molar-refractivity contribution in [3.8, 4) is 5.75 Å². The van der Waals surface area contributed by atoms with Crippen LogP contribution in [0.2, 0.25) is 0 Å². The molecule has 0 saturated heterocycles. The smallest absolute Gasteiger partial charge is 0.181 e. The van der Waals surface area contributed by atoms with Crippen LogP contribution in [-0.4, -0.2) is 34.4 Å². The SMILES string of the molecule is CCS(=O)(=O)c1ccccc1OCCNC. The van der Waals surface area contributed by atoms with Crippen molar-refractivity contribution < 1.29 is 13.2 Å². The third kappa shape index (κ3) is 3.21. The van der Waals surface area contributed by atoms with Gasteiger partial charge in [0.1, 0.15) is 17.3 Å². The van der Waals surface area contributed by atoms with E-state index in [0.29, 0.717) is 18.9 Å². The van der Waals surface area contributed by atoms with Crippen molar-refractivity contribution in [1.29, 1.82) is 0 Å². The predicted octanol–water partition coefficient (Wildman–Crippen LogP) is 1.08. The van der Waals surface area contributed by atoms with Gasteiger partial charge in [-0.1, -0.05) is 19.1 Å². The number of rotatable bonds is 6. The van der Waals surface area contributed by atoms with E-state index in [1.54, 1.807) is 31.2 Å². The molecule has 0 unspecified atom stereocenters. The van der Waals surface area contributed by atoms with E-state index >= 15 is 0 Å². The number of likely N-dealkylation sites (N-methyl/N-ethyl adjacent to an activating group) is 1. The lowest BCUT2D eigenvalue weighted by molar-refractivity contribution is 0.310. The molecule has 0 aliphatic carbocycles. The fraction of sp³-hybridized carbons (Fsp3) is 0.455. The van der Waals surface area contributed by atoms with Gasteiger partial charge in [0, 0.05) is 6.54 Å². The highest BCUT2D eigenvalue weighted by Crippen LogP contribution is 2.24. The van der Waals surface area contributed by atoms with Gasteiger partial charge in [0.2, 0.25) is 0 Å². The maximum Gasteiger partial charge on any atom is 0.181 e. The van der Waals surface area contributed by atoms with E-state index < -0.39 is 9.84 Å². The van der Waals surface area contributed by atoms with Crippen molar-refractivity contribution in [2.24, 2.45) is 0 Å². The van der Waals surface area contributed by atoms with Crippen LogP contribution < -0.4 is 10.1 Å². The molecule has 0 aliphatic rings. The average Bonchev–Trinajstić information content (AvgIpc) is 2.30. The van der Waals surface area contributed by atoms with Gasteiger partial charge in [-0.2, -0.15) is 0 Å². The third-order valence-corrected chi connectivity index (χ3v) is 3.94. The zero-order valence-corrected chi connectivity index (χ0v) is 10.4. The summed E-state index contributed by atoms with van der Waals surface area (Å²) in [7, 11) is -1.39. The number of hydrogen-bond donors (Lipinski definition) is 1. The minimum absolute atomic E-state index is 0.0827. The van der Waals surface area contributed by atoms with E-state index in [-0.39, 0.29) is 10.6 Å². The highest BCUT2D eigenvalue weighted by Gasteiger charge is 2.16. The normalized spacial score (nSPS) is 11.4. The van der Waals surface area contributed by atoms with Gasteiger partial charge in [-0.15, -0.1) is 0 Å². The van der Waals surface area contributed by atoms with Crippen LogP contribution in [0.3, 0.4) is 0 Å². The zero-order chi connectivity index (χ0) is 12.0. The molecule has 1 N–H and O–H groups in total. The molecule has 0 amide bonds. The lowest BCUT2D eigenvalue weighted by atomic mass is 10.3. The Morgan fingerprint density at radius 2 is 2.00 bits per heavy atom. The van der Waals surface area contributed by atoms with Gasteiger partial charge in [-0.3, -0.25) is 0 Å². The van der Waals surface area contributed by atoms with Crippen LogP contribution >= 0.6 is 0 Å². The highest BCUT2D eigenvalue weighted by molar-refractivity contribution is 7.91. The highest BCUT2D eigenvalue weighted by atomic mass is 32.2. The summed E-state index contributed by atoms with van der Waals surface area (Å²) in [5.74, 6) is 0.513. The Kier molecular flexibility index (Phi) is 4.76. The summed E-state index contributed by atoms with van der Waals surface area (Å²) >= 11 is 0. The molecule has 0 saturated carbocycles. The Labute approximate surface area is 96.5 Å². The van der Waals surface area contributed by atoms with Crippen LogP contribution in [0, 0.1) is 0 Å². The number of sulfone groups is 1. The lowest BCUT2D eigenvalue weighted by Gasteiger charge is -2.10. The van der Waals surface area contributed by atoms with Crippen molar-refractivity contribution >= 4 is 9.84 Å². The van der Waals surface area contributed by atoms with Crippen LogP contribution in [0.15, 0.2) is 29.2 Å². The summed E-state index contributed by atoms with van der Waals surface area (Å²) in [5, 5.41) is 2.94. The second-order valence-electron chi connectivity index (χ2n) is 3.30. The van der Waals surface area contributed by atoms with Crippen molar-refractivity contribution in [3.63, 3.8) is 0 Å². The maximum atomic E-state index is 11.8. The van der Waals surface area contributed by atoms with Gasteiger partial charge in [-0.25, -0.2) is 8.42 Å². The summed E-state index contributed by atoms with van der Waals surface area (Å²) in [6.45, 7) is 2.76. The number of hydrogen-bond acceptors (Lipinski definition) is 4. The van der Waals surface area contributed by atoms with Crippen molar-refractivity contribution in [3.05, 3.63) is 24.3 Å². The first-order valence-electron chi connectivity index (χ1n) is 5.21. The third-order valence-electron chi connectivity index (χ3n) is 2.17. The van der Waals surface area contributed by atoms with Crippen molar-refractivity contribution in [1.82, 2.24) is 5.32 Å². The van der Waals surface area contributed by atoms with Crippen molar-refractivity contribution in [2.75, 3.05) is 26.0 Å². The number of nitrogens with one attached hydrogen (secondary N) is 1. The van der Waals surface area contributed by atoms with E-state index in [9.17, 15) is 8.42 Å². The van der Waals surface area contributed by atoms with E-state index in [4.69, 9.17) is 4.74 Å². The molecule has 0 bridgehead atoms. The Hall–Kier alpha value is -1.07. The second kappa shape index (κ2) is 5.86. The van der Waals surface area contributed by atoms with Gasteiger partial charge >= 0.3 is 0 Å². The Morgan fingerprint density at radius 1 is 1.31 bits per heavy atom. The zero-order valence-electron chi connectivity index (χ0n) is 9.56. The topological polar surface area (TPSA) is 55.4 Å². The second-order valence-corrected chi connectivity index (χ2v) is 5.55. The lowest BCUT2D eigenvalue weighted by Crippen LogP contribution is -2.17. The molecule has 0 spiro atoms. The summed E-state index contributed by atoms with van der Waals surface area (Å²) < 4.78 is 28.9. The van der Waals surface area contributed by atoms with Gasteiger partial charge in [0.05, 0.1) is 5.75 Å². The maximum absolute atomic E-state index is 11.8. The standard InChI is InChI=1S/C11H17NO3S/c1-3-16(13,14)11-7-5-4-6-10(11)15-9-8-12-2/h4-7,12H,3,8-9H2,1-2H3. The van der Waals surface area contributed by atoms with E-state index in [2.05, 4.69) is 5.32 Å². The molecule has 0 aliphatic heterocycles. The molecule has 1 aromatic rings. The molecule has 4 nitrogen and oxygen atoms in total.